The quantitative estimate of drug-likeness (QED) is 0.539. The number of nitrogens with zero attached hydrogens (tertiary/aromatic N) is 3. The third-order valence-electron chi connectivity index (χ3n) is 3.48. The van der Waals surface area contributed by atoms with Crippen molar-refractivity contribution in [3.63, 3.8) is 0 Å². The van der Waals surface area contributed by atoms with Gasteiger partial charge in [0.15, 0.2) is 11.7 Å². The van der Waals surface area contributed by atoms with E-state index in [9.17, 15) is 0 Å². The minimum atomic E-state index is 0.372. The number of aromatic amines is 1. The summed E-state index contributed by atoms with van der Waals surface area (Å²) in [5.74, 6) is 3.41. The first-order valence-corrected chi connectivity index (χ1v) is 8.00. The van der Waals surface area contributed by atoms with Gasteiger partial charge in [0.05, 0.1) is 12.8 Å². The fourth-order valence-corrected chi connectivity index (χ4v) is 2.14. The van der Waals surface area contributed by atoms with Crippen molar-refractivity contribution in [1.82, 2.24) is 25.8 Å². The van der Waals surface area contributed by atoms with Crippen LogP contribution in [0.3, 0.4) is 0 Å². The molecule has 3 N–H and O–H groups in total. The first-order valence-electron chi connectivity index (χ1n) is 8.00. The van der Waals surface area contributed by atoms with Gasteiger partial charge in [-0.25, -0.2) is 4.98 Å². The predicted molar refractivity (Wildman–Crippen MR) is 91.0 cm³/mol. The highest BCUT2D eigenvalue weighted by Crippen LogP contribution is 2.14. The molecule has 1 atom stereocenters. The minimum absolute atomic E-state index is 0.372. The predicted octanol–water partition coefficient (Wildman–Crippen LogP) is 2.55. The van der Waals surface area contributed by atoms with Crippen LogP contribution in [0.25, 0.3) is 11.6 Å². The fourth-order valence-electron chi connectivity index (χ4n) is 2.14. The van der Waals surface area contributed by atoms with Crippen LogP contribution in [-0.2, 0) is 6.54 Å². The molecular formula is C16H26N6O. The van der Waals surface area contributed by atoms with Gasteiger partial charge in [0.1, 0.15) is 5.82 Å². The van der Waals surface area contributed by atoms with Crippen LogP contribution in [0.5, 0.6) is 0 Å². The van der Waals surface area contributed by atoms with Gasteiger partial charge < -0.3 is 15.1 Å². The van der Waals surface area contributed by atoms with E-state index in [2.05, 4.69) is 51.6 Å². The Bertz CT molecular complexity index is 602. The van der Waals surface area contributed by atoms with Crippen molar-refractivity contribution >= 4 is 5.96 Å². The number of rotatable bonds is 7. The highest BCUT2D eigenvalue weighted by molar-refractivity contribution is 5.79. The van der Waals surface area contributed by atoms with Crippen molar-refractivity contribution < 1.29 is 4.42 Å². The van der Waals surface area contributed by atoms with Crippen molar-refractivity contribution in [2.45, 2.75) is 46.2 Å². The molecule has 0 aliphatic heterocycles. The molecule has 1 unspecified atom stereocenters. The van der Waals surface area contributed by atoms with Gasteiger partial charge in [0.2, 0.25) is 5.82 Å². The summed E-state index contributed by atoms with van der Waals surface area (Å²) in [6.07, 6.45) is 3.91. The molecule has 0 bridgehead atoms. The van der Waals surface area contributed by atoms with Gasteiger partial charge >= 0.3 is 0 Å². The van der Waals surface area contributed by atoms with Crippen LogP contribution in [0.2, 0.25) is 0 Å². The van der Waals surface area contributed by atoms with E-state index >= 15 is 0 Å². The number of hydrogen-bond acceptors (Lipinski definition) is 4. The molecule has 23 heavy (non-hydrogen) atoms. The van der Waals surface area contributed by atoms with Gasteiger partial charge in [0, 0.05) is 13.1 Å². The van der Waals surface area contributed by atoms with Crippen molar-refractivity contribution in [3.8, 4) is 11.6 Å². The van der Waals surface area contributed by atoms with Crippen LogP contribution in [0.1, 0.15) is 39.4 Å². The van der Waals surface area contributed by atoms with Crippen LogP contribution in [-0.4, -0.2) is 34.2 Å². The first kappa shape index (κ1) is 17.1. The van der Waals surface area contributed by atoms with Gasteiger partial charge in [-0.15, -0.1) is 5.10 Å². The second-order valence-electron chi connectivity index (χ2n) is 6.03. The van der Waals surface area contributed by atoms with E-state index in [-0.39, 0.29) is 0 Å². The smallest absolute Gasteiger partial charge is 0.216 e. The molecule has 0 aliphatic rings. The van der Waals surface area contributed by atoms with Crippen LogP contribution in [0, 0.1) is 5.92 Å². The summed E-state index contributed by atoms with van der Waals surface area (Å²) >= 11 is 0. The fraction of sp³-hybridized carbons (Fsp3) is 0.562. The maximum atomic E-state index is 5.28. The van der Waals surface area contributed by atoms with Crippen molar-refractivity contribution in [1.29, 1.82) is 0 Å². The molecule has 0 aliphatic carbocycles. The molecule has 2 aromatic heterocycles. The molecule has 0 saturated heterocycles. The Morgan fingerprint density at radius 1 is 1.35 bits per heavy atom. The molecule has 7 heteroatoms. The summed E-state index contributed by atoms with van der Waals surface area (Å²) in [6, 6.07) is 4.02. The van der Waals surface area contributed by atoms with Gasteiger partial charge in [-0.2, -0.15) is 0 Å². The second-order valence-corrected chi connectivity index (χ2v) is 6.03. The zero-order chi connectivity index (χ0) is 16.7. The van der Waals surface area contributed by atoms with Crippen LogP contribution in [0.4, 0.5) is 0 Å². The summed E-state index contributed by atoms with van der Waals surface area (Å²) in [5, 5.41) is 13.7. The number of aliphatic imine (C=N–C) groups is 1. The summed E-state index contributed by atoms with van der Waals surface area (Å²) < 4.78 is 5.28. The zero-order valence-corrected chi connectivity index (χ0v) is 14.3. The lowest BCUT2D eigenvalue weighted by Crippen LogP contribution is -2.42. The summed E-state index contributed by atoms with van der Waals surface area (Å²) in [7, 11) is 1.76. The molecule has 0 spiro atoms. The lowest BCUT2D eigenvalue weighted by molar-refractivity contribution is 0.489. The van der Waals surface area contributed by atoms with E-state index in [1.807, 2.05) is 12.1 Å². The molecule has 0 amide bonds. The number of H-pyrrole nitrogens is 1. The van der Waals surface area contributed by atoms with Gasteiger partial charge in [-0.3, -0.25) is 10.1 Å². The molecule has 2 aromatic rings. The standard InChI is InChI=1S/C16H26N6O/c1-11(2)7-8-12(3)19-16(17-4)18-10-14-20-15(22-21-14)13-6-5-9-23-13/h5-6,9,11-12H,7-8,10H2,1-4H3,(H2,17,18,19)(H,20,21,22). The molecule has 7 nitrogen and oxygen atoms in total. The Kier molecular flexibility index (Phi) is 6.19. The van der Waals surface area contributed by atoms with Crippen LogP contribution < -0.4 is 10.6 Å². The summed E-state index contributed by atoms with van der Waals surface area (Å²) in [5.41, 5.74) is 0. The SMILES string of the molecule is CN=C(NCc1nc(-c2ccco2)n[nH]1)NC(C)CCC(C)C. The van der Waals surface area contributed by atoms with E-state index in [0.29, 0.717) is 30.1 Å². The van der Waals surface area contributed by atoms with E-state index < -0.39 is 0 Å². The molecule has 126 valence electrons. The topological polar surface area (TPSA) is 91.1 Å². The van der Waals surface area contributed by atoms with E-state index in [4.69, 9.17) is 4.42 Å². The summed E-state index contributed by atoms with van der Waals surface area (Å²) in [6.45, 7) is 7.16. The molecule has 0 fully saturated rings. The van der Waals surface area contributed by atoms with Crippen molar-refractivity contribution in [3.05, 3.63) is 24.2 Å². The molecule has 2 heterocycles. The Morgan fingerprint density at radius 2 is 2.17 bits per heavy atom. The van der Waals surface area contributed by atoms with E-state index in [1.165, 1.54) is 6.42 Å². The zero-order valence-electron chi connectivity index (χ0n) is 14.3. The Morgan fingerprint density at radius 3 is 2.83 bits per heavy atom. The average Bonchev–Trinajstić information content (AvgIpc) is 3.19. The average molecular weight is 318 g/mol. The van der Waals surface area contributed by atoms with Crippen molar-refractivity contribution in [2.24, 2.45) is 10.9 Å². The van der Waals surface area contributed by atoms with Gasteiger partial charge in [-0.05, 0) is 37.8 Å². The number of nitrogens with one attached hydrogen (secondary N) is 3. The van der Waals surface area contributed by atoms with Crippen molar-refractivity contribution in [2.75, 3.05) is 7.05 Å². The number of guanidine groups is 1. The lowest BCUT2D eigenvalue weighted by Gasteiger charge is -2.18. The largest absolute Gasteiger partial charge is 0.461 e. The maximum absolute atomic E-state index is 5.28. The maximum Gasteiger partial charge on any atom is 0.216 e. The monoisotopic (exact) mass is 318 g/mol. The number of hydrogen-bond donors (Lipinski definition) is 3. The van der Waals surface area contributed by atoms with E-state index in [1.54, 1.807) is 13.3 Å². The molecular weight excluding hydrogens is 292 g/mol. The Labute approximate surface area is 137 Å². The lowest BCUT2D eigenvalue weighted by atomic mass is 10.0. The third kappa shape index (κ3) is 5.43. The highest BCUT2D eigenvalue weighted by Gasteiger charge is 2.10. The van der Waals surface area contributed by atoms with Gasteiger partial charge in [-0.1, -0.05) is 13.8 Å². The first-order chi connectivity index (χ1) is 11.1. The Hall–Kier alpha value is -2.31. The molecule has 0 saturated carbocycles. The molecule has 0 aromatic carbocycles. The van der Waals surface area contributed by atoms with E-state index in [0.717, 1.165) is 18.2 Å². The number of aromatic nitrogens is 3. The van der Waals surface area contributed by atoms with Crippen LogP contribution in [0.15, 0.2) is 27.8 Å². The molecule has 2 rings (SSSR count). The van der Waals surface area contributed by atoms with Crippen LogP contribution >= 0.6 is 0 Å². The highest BCUT2D eigenvalue weighted by atomic mass is 16.3. The Balaban J connectivity index is 1.81. The summed E-state index contributed by atoms with van der Waals surface area (Å²) in [4.78, 5) is 8.63. The number of furan rings is 1. The minimum Gasteiger partial charge on any atom is -0.461 e. The normalized spacial score (nSPS) is 13.3. The van der Waals surface area contributed by atoms with Gasteiger partial charge in [0.25, 0.3) is 0 Å². The molecule has 0 radical (unpaired) electrons. The third-order valence-corrected chi connectivity index (χ3v) is 3.48. The second kappa shape index (κ2) is 8.36.